The third-order valence-corrected chi connectivity index (χ3v) is 3.73. The van der Waals surface area contributed by atoms with Crippen molar-refractivity contribution in [3.05, 3.63) is 28.7 Å². The van der Waals surface area contributed by atoms with Crippen LogP contribution in [0.3, 0.4) is 0 Å². The molecular formula is C16H24N4O3. The molecule has 23 heavy (non-hydrogen) atoms. The molecule has 1 heterocycles. The molecule has 0 bridgehead atoms. The zero-order valence-corrected chi connectivity index (χ0v) is 14.0. The van der Waals surface area contributed by atoms with Gasteiger partial charge in [0, 0.05) is 18.8 Å². The molecule has 1 aromatic heterocycles. The van der Waals surface area contributed by atoms with Gasteiger partial charge in [-0.3, -0.25) is 9.36 Å². The number of carbonyl (C=O) groups excluding carboxylic acids is 1. The van der Waals surface area contributed by atoms with Crippen LogP contribution in [0.25, 0.3) is 11.1 Å². The topological polar surface area (TPSA) is 93.5 Å². The summed E-state index contributed by atoms with van der Waals surface area (Å²) in [6, 6.07) is 4.54. The molecule has 0 aliphatic carbocycles. The lowest BCUT2D eigenvalue weighted by Gasteiger charge is -2.15. The lowest BCUT2D eigenvalue weighted by Crippen LogP contribution is -2.39. The van der Waals surface area contributed by atoms with E-state index in [1.54, 1.807) is 22.8 Å². The molecule has 1 amide bonds. The molecule has 7 nitrogen and oxygen atoms in total. The minimum atomic E-state index is -0.578. The zero-order chi connectivity index (χ0) is 17.1. The van der Waals surface area contributed by atoms with Gasteiger partial charge in [0.2, 0.25) is 5.91 Å². The first-order valence-electron chi connectivity index (χ1n) is 7.64. The van der Waals surface area contributed by atoms with E-state index in [9.17, 15) is 9.59 Å². The molecule has 1 atom stereocenters. The number of aromatic nitrogens is 1. The molecule has 126 valence electrons. The molecule has 0 saturated heterocycles. The van der Waals surface area contributed by atoms with Gasteiger partial charge in [-0.05, 0) is 38.2 Å². The molecule has 0 saturated carbocycles. The highest BCUT2D eigenvalue weighted by molar-refractivity contribution is 5.96. The van der Waals surface area contributed by atoms with Gasteiger partial charge in [0.1, 0.15) is 0 Å². The third-order valence-electron chi connectivity index (χ3n) is 3.73. The minimum absolute atomic E-state index is 0.0472. The molecule has 3 N–H and O–H groups in total. The predicted octanol–water partition coefficient (Wildman–Crippen LogP) is 1.08. The molecule has 0 fully saturated rings. The van der Waals surface area contributed by atoms with E-state index in [0.29, 0.717) is 29.9 Å². The van der Waals surface area contributed by atoms with E-state index in [2.05, 4.69) is 5.32 Å². The van der Waals surface area contributed by atoms with Gasteiger partial charge in [-0.2, -0.15) is 0 Å². The Bertz CT molecular complexity index is 745. The fourth-order valence-electron chi connectivity index (χ4n) is 2.18. The van der Waals surface area contributed by atoms with Crippen molar-refractivity contribution in [1.82, 2.24) is 9.47 Å². The smallest absolute Gasteiger partial charge is 0.408 e. The summed E-state index contributed by atoms with van der Waals surface area (Å²) >= 11 is 0. The lowest BCUT2D eigenvalue weighted by atomic mass is 10.0. The molecule has 0 radical (unpaired) electrons. The van der Waals surface area contributed by atoms with Crippen LogP contribution in [0, 0.1) is 5.92 Å². The molecular weight excluding hydrogens is 296 g/mol. The van der Waals surface area contributed by atoms with Crippen LogP contribution in [-0.4, -0.2) is 42.1 Å². The van der Waals surface area contributed by atoms with Crippen LogP contribution in [0.4, 0.5) is 5.69 Å². The standard InChI is InChI=1S/C16H24N4O3/c1-10(2)14(17)15(21)18-11-5-6-13-12(9-11)20(16(22)23-13)8-7-19(3)4/h5-6,9-10,14H,7-8,17H2,1-4H3,(H,18,21)/t14-/m0/s1. The van der Waals surface area contributed by atoms with Gasteiger partial charge in [-0.1, -0.05) is 13.8 Å². The fourth-order valence-corrected chi connectivity index (χ4v) is 2.18. The van der Waals surface area contributed by atoms with Crippen LogP contribution in [0.2, 0.25) is 0 Å². The van der Waals surface area contributed by atoms with Crippen LogP contribution >= 0.6 is 0 Å². The highest BCUT2D eigenvalue weighted by atomic mass is 16.4. The number of nitrogens with zero attached hydrogens (tertiary/aromatic N) is 2. The van der Waals surface area contributed by atoms with E-state index in [4.69, 9.17) is 10.2 Å². The minimum Gasteiger partial charge on any atom is -0.408 e. The number of nitrogens with two attached hydrogens (primary N) is 1. The number of likely N-dealkylation sites (N-methyl/N-ethyl adjacent to an activating group) is 1. The molecule has 2 aromatic rings. The van der Waals surface area contributed by atoms with Crippen LogP contribution in [0.15, 0.2) is 27.4 Å². The second kappa shape index (κ2) is 6.97. The van der Waals surface area contributed by atoms with Gasteiger partial charge in [-0.15, -0.1) is 0 Å². The highest BCUT2D eigenvalue weighted by Crippen LogP contribution is 2.19. The summed E-state index contributed by atoms with van der Waals surface area (Å²) < 4.78 is 6.79. The van der Waals surface area contributed by atoms with Crippen molar-refractivity contribution < 1.29 is 9.21 Å². The number of rotatable bonds is 6. The van der Waals surface area contributed by atoms with Crippen molar-refractivity contribution in [2.45, 2.75) is 26.4 Å². The highest BCUT2D eigenvalue weighted by Gasteiger charge is 2.18. The number of carbonyl (C=O) groups is 1. The van der Waals surface area contributed by atoms with E-state index in [1.165, 1.54) is 0 Å². The van der Waals surface area contributed by atoms with Gasteiger partial charge in [-0.25, -0.2) is 4.79 Å². The first-order chi connectivity index (χ1) is 10.8. The van der Waals surface area contributed by atoms with Crippen molar-refractivity contribution in [3.63, 3.8) is 0 Å². The summed E-state index contributed by atoms with van der Waals surface area (Å²) in [6.45, 7) is 5.01. The Balaban J connectivity index is 2.28. The molecule has 0 spiro atoms. The number of hydrogen-bond acceptors (Lipinski definition) is 5. The normalized spacial score (nSPS) is 13.0. The number of fused-ring (bicyclic) bond motifs is 1. The van der Waals surface area contributed by atoms with Gasteiger partial charge < -0.3 is 20.4 Å². The molecule has 2 rings (SSSR count). The van der Waals surface area contributed by atoms with E-state index in [-0.39, 0.29) is 11.8 Å². The fraction of sp³-hybridized carbons (Fsp3) is 0.500. The molecule has 7 heteroatoms. The van der Waals surface area contributed by atoms with Crippen molar-refractivity contribution in [2.24, 2.45) is 11.7 Å². The monoisotopic (exact) mass is 320 g/mol. The summed E-state index contributed by atoms with van der Waals surface area (Å²) in [7, 11) is 3.87. The van der Waals surface area contributed by atoms with Crippen LogP contribution in [0.5, 0.6) is 0 Å². The molecule has 0 aliphatic heterocycles. The van der Waals surface area contributed by atoms with Gasteiger partial charge >= 0.3 is 5.76 Å². The molecule has 0 aliphatic rings. The van der Waals surface area contributed by atoms with Gasteiger partial charge in [0.15, 0.2) is 5.58 Å². The maximum Gasteiger partial charge on any atom is 0.419 e. The quantitative estimate of drug-likeness (QED) is 0.830. The van der Waals surface area contributed by atoms with Gasteiger partial charge in [0.25, 0.3) is 0 Å². The Hall–Kier alpha value is -2.12. The zero-order valence-electron chi connectivity index (χ0n) is 14.0. The van der Waals surface area contributed by atoms with Crippen molar-refractivity contribution in [3.8, 4) is 0 Å². The lowest BCUT2D eigenvalue weighted by molar-refractivity contribution is -0.118. The number of nitrogens with one attached hydrogen (secondary N) is 1. The maximum absolute atomic E-state index is 12.1. The largest absolute Gasteiger partial charge is 0.419 e. The Kier molecular flexibility index (Phi) is 5.23. The number of anilines is 1. The van der Waals surface area contributed by atoms with Crippen molar-refractivity contribution in [1.29, 1.82) is 0 Å². The molecule has 0 unspecified atom stereocenters. The average molecular weight is 320 g/mol. The Morgan fingerprint density at radius 3 is 2.70 bits per heavy atom. The summed E-state index contributed by atoms with van der Waals surface area (Å²) in [6.07, 6.45) is 0. The van der Waals surface area contributed by atoms with Gasteiger partial charge in [0.05, 0.1) is 11.6 Å². The average Bonchev–Trinajstić information content (AvgIpc) is 2.79. The van der Waals surface area contributed by atoms with E-state index in [0.717, 1.165) is 0 Å². The van der Waals surface area contributed by atoms with Crippen molar-refractivity contribution in [2.75, 3.05) is 26.0 Å². The van der Waals surface area contributed by atoms with Crippen LogP contribution in [-0.2, 0) is 11.3 Å². The van der Waals surface area contributed by atoms with Crippen LogP contribution in [0.1, 0.15) is 13.8 Å². The Morgan fingerprint density at radius 2 is 2.09 bits per heavy atom. The number of amides is 1. The maximum atomic E-state index is 12.1. The number of benzene rings is 1. The SMILES string of the molecule is CC(C)[C@H](N)C(=O)Nc1ccc2oc(=O)n(CCN(C)C)c2c1. The van der Waals surface area contributed by atoms with E-state index >= 15 is 0 Å². The Labute approximate surface area is 135 Å². The van der Waals surface area contributed by atoms with Crippen LogP contribution < -0.4 is 16.8 Å². The predicted molar refractivity (Wildman–Crippen MR) is 90.5 cm³/mol. The van der Waals surface area contributed by atoms with Crippen molar-refractivity contribution >= 4 is 22.7 Å². The summed E-state index contributed by atoms with van der Waals surface area (Å²) in [5, 5.41) is 2.79. The first-order valence-corrected chi connectivity index (χ1v) is 7.64. The first kappa shape index (κ1) is 17.2. The third kappa shape index (κ3) is 4.00. The Morgan fingerprint density at radius 1 is 1.39 bits per heavy atom. The number of hydrogen-bond donors (Lipinski definition) is 2. The second-order valence-corrected chi connectivity index (χ2v) is 6.26. The second-order valence-electron chi connectivity index (χ2n) is 6.26. The van der Waals surface area contributed by atoms with E-state index < -0.39 is 11.8 Å². The summed E-state index contributed by atoms with van der Waals surface area (Å²) in [4.78, 5) is 26.0. The molecule has 1 aromatic carbocycles. The number of oxazole rings is 1. The summed E-state index contributed by atoms with van der Waals surface area (Å²) in [5.41, 5.74) is 7.60. The van der Waals surface area contributed by atoms with E-state index in [1.807, 2.05) is 32.8 Å². The summed E-state index contributed by atoms with van der Waals surface area (Å²) in [5.74, 6) is -0.597.